The lowest BCUT2D eigenvalue weighted by molar-refractivity contribution is 0.174. The van der Waals surface area contributed by atoms with Crippen molar-refractivity contribution in [3.8, 4) is 11.5 Å². The first-order chi connectivity index (χ1) is 9.20. The highest BCUT2D eigenvalue weighted by Crippen LogP contribution is 2.32. The Morgan fingerprint density at radius 3 is 2.63 bits per heavy atom. The normalized spacial score (nSPS) is 26.6. The summed E-state index contributed by atoms with van der Waals surface area (Å²) in [5.41, 5.74) is 13.3. The van der Waals surface area contributed by atoms with Gasteiger partial charge >= 0.3 is 0 Å². The van der Waals surface area contributed by atoms with Crippen molar-refractivity contribution in [1.29, 1.82) is 0 Å². The third-order valence-corrected chi connectivity index (χ3v) is 3.74. The largest absolute Gasteiger partial charge is 0.454 e. The van der Waals surface area contributed by atoms with Gasteiger partial charge in [-0.15, -0.1) is 0 Å². The molecule has 2 aliphatic rings. The van der Waals surface area contributed by atoms with Crippen LogP contribution in [0.15, 0.2) is 18.2 Å². The molecule has 2 heterocycles. The summed E-state index contributed by atoms with van der Waals surface area (Å²) in [4.78, 5) is 2.35. The fraction of sp³-hybridized carbons (Fsp3) is 0.571. The quantitative estimate of drug-likeness (QED) is 0.821. The predicted octanol–water partition coefficient (Wildman–Crippen LogP) is 0.318. The number of ether oxygens (including phenoxy) is 2. The summed E-state index contributed by atoms with van der Waals surface area (Å²) in [6.45, 7) is 3.20. The van der Waals surface area contributed by atoms with Gasteiger partial charge in [-0.1, -0.05) is 6.07 Å². The van der Waals surface area contributed by atoms with Gasteiger partial charge in [-0.05, 0) is 30.5 Å². The van der Waals surface area contributed by atoms with Gasteiger partial charge in [-0.3, -0.25) is 4.90 Å². The highest BCUT2D eigenvalue weighted by atomic mass is 16.7. The standard InChI is InChI=1S/C14H21N3O2/c15-11-6-12(16)8-17(7-11)4-3-10-1-2-13-14(5-10)19-9-18-13/h1-2,5,11-12H,3-4,6-9,15-16H2/t11-,12+. The average molecular weight is 263 g/mol. The second-order valence-electron chi connectivity index (χ2n) is 5.45. The van der Waals surface area contributed by atoms with E-state index in [0.717, 1.165) is 44.0 Å². The van der Waals surface area contributed by atoms with E-state index in [9.17, 15) is 0 Å². The monoisotopic (exact) mass is 263 g/mol. The molecule has 1 fully saturated rings. The second kappa shape index (κ2) is 5.36. The lowest BCUT2D eigenvalue weighted by atomic mass is 10.0. The first-order valence-corrected chi connectivity index (χ1v) is 6.83. The van der Waals surface area contributed by atoms with Crippen LogP contribution in [0.3, 0.4) is 0 Å². The zero-order valence-corrected chi connectivity index (χ0v) is 11.0. The Bertz CT molecular complexity index is 442. The summed E-state index contributed by atoms with van der Waals surface area (Å²) in [6.07, 6.45) is 1.91. The molecule has 0 aliphatic carbocycles. The van der Waals surface area contributed by atoms with Crippen molar-refractivity contribution in [1.82, 2.24) is 4.90 Å². The van der Waals surface area contributed by atoms with Crippen LogP contribution in [0, 0.1) is 0 Å². The molecule has 2 aliphatic heterocycles. The number of nitrogens with two attached hydrogens (primary N) is 2. The van der Waals surface area contributed by atoms with Crippen molar-refractivity contribution in [3.63, 3.8) is 0 Å². The Balaban J connectivity index is 1.57. The lowest BCUT2D eigenvalue weighted by Crippen LogP contribution is -2.52. The van der Waals surface area contributed by atoms with Crippen LogP contribution >= 0.6 is 0 Å². The highest BCUT2D eigenvalue weighted by molar-refractivity contribution is 5.44. The lowest BCUT2D eigenvalue weighted by Gasteiger charge is -2.34. The zero-order valence-electron chi connectivity index (χ0n) is 11.0. The summed E-state index contributed by atoms with van der Waals surface area (Å²) in [5.74, 6) is 1.69. The van der Waals surface area contributed by atoms with Crippen LogP contribution in [-0.2, 0) is 6.42 Å². The van der Waals surface area contributed by atoms with E-state index in [4.69, 9.17) is 20.9 Å². The van der Waals surface area contributed by atoms with Crippen LogP contribution in [0.2, 0.25) is 0 Å². The Labute approximate surface area is 113 Å². The van der Waals surface area contributed by atoms with Gasteiger partial charge in [0.25, 0.3) is 0 Å². The van der Waals surface area contributed by atoms with Crippen LogP contribution < -0.4 is 20.9 Å². The first-order valence-electron chi connectivity index (χ1n) is 6.83. The summed E-state index contributed by atoms with van der Waals surface area (Å²) in [6, 6.07) is 6.55. The first kappa shape index (κ1) is 12.7. The van der Waals surface area contributed by atoms with Gasteiger partial charge in [0, 0.05) is 31.7 Å². The minimum atomic E-state index is 0.209. The minimum absolute atomic E-state index is 0.209. The van der Waals surface area contributed by atoms with E-state index in [1.807, 2.05) is 6.07 Å². The molecule has 0 radical (unpaired) electrons. The Hall–Kier alpha value is -1.30. The van der Waals surface area contributed by atoms with Crippen molar-refractivity contribution >= 4 is 0 Å². The zero-order chi connectivity index (χ0) is 13.2. The van der Waals surface area contributed by atoms with Crippen molar-refractivity contribution in [3.05, 3.63) is 23.8 Å². The molecule has 0 amide bonds. The predicted molar refractivity (Wildman–Crippen MR) is 73.3 cm³/mol. The molecule has 1 aromatic carbocycles. The average Bonchev–Trinajstić information content (AvgIpc) is 2.82. The molecule has 3 rings (SSSR count). The number of fused-ring (bicyclic) bond motifs is 1. The van der Waals surface area contributed by atoms with Gasteiger partial charge < -0.3 is 20.9 Å². The fourth-order valence-electron chi connectivity index (χ4n) is 2.84. The van der Waals surface area contributed by atoms with Crippen LogP contribution in [0.4, 0.5) is 0 Å². The van der Waals surface area contributed by atoms with Crippen LogP contribution in [-0.4, -0.2) is 43.4 Å². The minimum Gasteiger partial charge on any atom is -0.454 e. The summed E-state index contributed by atoms with van der Waals surface area (Å²) < 4.78 is 10.7. The van der Waals surface area contributed by atoms with Gasteiger partial charge in [0.05, 0.1) is 0 Å². The number of likely N-dealkylation sites (tertiary alicyclic amines) is 1. The maximum atomic E-state index is 6.00. The van der Waals surface area contributed by atoms with Gasteiger partial charge in [-0.25, -0.2) is 0 Å². The summed E-state index contributed by atoms with van der Waals surface area (Å²) in [5, 5.41) is 0. The molecule has 1 aromatic rings. The van der Waals surface area contributed by atoms with Crippen molar-refractivity contribution in [2.45, 2.75) is 24.9 Å². The molecule has 4 N–H and O–H groups in total. The number of rotatable bonds is 3. The Morgan fingerprint density at radius 1 is 1.11 bits per heavy atom. The van der Waals surface area contributed by atoms with Gasteiger partial charge in [0.2, 0.25) is 6.79 Å². The van der Waals surface area contributed by atoms with Crippen molar-refractivity contribution in [2.75, 3.05) is 26.4 Å². The van der Waals surface area contributed by atoms with E-state index in [-0.39, 0.29) is 12.1 Å². The summed E-state index contributed by atoms with van der Waals surface area (Å²) in [7, 11) is 0. The fourth-order valence-corrected chi connectivity index (χ4v) is 2.84. The van der Waals surface area contributed by atoms with Crippen LogP contribution in [0.5, 0.6) is 11.5 Å². The molecule has 2 atom stereocenters. The molecule has 0 saturated carbocycles. The summed E-state index contributed by atoms with van der Waals surface area (Å²) >= 11 is 0. The van der Waals surface area contributed by atoms with Gasteiger partial charge in [0.1, 0.15) is 0 Å². The molecular weight excluding hydrogens is 242 g/mol. The van der Waals surface area contributed by atoms with Crippen LogP contribution in [0.1, 0.15) is 12.0 Å². The molecule has 5 nitrogen and oxygen atoms in total. The highest BCUT2D eigenvalue weighted by Gasteiger charge is 2.22. The molecule has 19 heavy (non-hydrogen) atoms. The van der Waals surface area contributed by atoms with E-state index in [0.29, 0.717) is 6.79 Å². The van der Waals surface area contributed by atoms with Gasteiger partial charge in [0.15, 0.2) is 11.5 Å². The van der Waals surface area contributed by atoms with Crippen molar-refractivity contribution in [2.24, 2.45) is 11.5 Å². The van der Waals surface area contributed by atoms with Crippen molar-refractivity contribution < 1.29 is 9.47 Å². The molecular formula is C14H21N3O2. The maximum Gasteiger partial charge on any atom is 0.231 e. The number of piperidine rings is 1. The SMILES string of the molecule is N[C@@H]1C[C@H](N)CN(CCc2ccc3c(c2)OCO3)C1. The molecule has 1 saturated heterocycles. The Morgan fingerprint density at radius 2 is 1.84 bits per heavy atom. The Kier molecular flexibility index (Phi) is 3.59. The molecule has 0 aromatic heterocycles. The van der Waals surface area contributed by atoms with E-state index < -0.39 is 0 Å². The van der Waals surface area contributed by atoms with E-state index in [2.05, 4.69) is 17.0 Å². The van der Waals surface area contributed by atoms with E-state index in [1.54, 1.807) is 0 Å². The molecule has 0 bridgehead atoms. The topological polar surface area (TPSA) is 73.7 Å². The maximum absolute atomic E-state index is 6.00. The van der Waals surface area contributed by atoms with E-state index >= 15 is 0 Å². The molecule has 5 heteroatoms. The number of hydrogen-bond donors (Lipinski definition) is 2. The molecule has 104 valence electrons. The van der Waals surface area contributed by atoms with E-state index in [1.165, 1.54) is 5.56 Å². The third-order valence-electron chi connectivity index (χ3n) is 3.74. The number of benzene rings is 1. The second-order valence-corrected chi connectivity index (χ2v) is 5.45. The number of nitrogens with zero attached hydrogens (tertiary/aromatic N) is 1. The smallest absolute Gasteiger partial charge is 0.231 e. The number of hydrogen-bond acceptors (Lipinski definition) is 5. The molecule has 0 spiro atoms. The van der Waals surface area contributed by atoms with Gasteiger partial charge in [-0.2, -0.15) is 0 Å². The molecule has 0 unspecified atom stereocenters. The third kappa shape index (κ3) is 3.00. The van der Waals surface area contributed by atoms with Crippen LogP contribution in [0.25, 0.3) is 0 Å².